The highest BCUT2D eigenvalue weighted by Crippen LogP contribution is 2.24. The van der Waals surface area contributed by atoms with E-state index in [0.717, 1.165) is 44.7 Å². The summed E-state index contributed by atoms with van der Waals surface area (Å²) in [6, 6.07) is 10.1. The number of anilines is 1. The molecule has 0 aromatic heterocycles. The summed E-state index contributed by atoms with van der Waals surface area (Å²) in [6.07, 6.45) is 1.96. The van der Waals surface area contributed by atoms with Crippen LogP contribution in [-0.4, -0.2) is 37.1 Å². The average Bonchev–Trinajstić information content (AvgIpc) is 2.52. The largest absolute Gasteiger partial charge is 0.369 e. The van der Waals surface area contributed by atoms with Crippen LogP contribution < -0.4 is 4.90 Å². The van der Waals surface area contributed by atoms with Crippen molar-refractivity contribution in [1.82, 2.24) is 4.90 Å². The summed E-state index contributed by atoms with van der Waals surface area (Å²) in [5.74, 6) is 0. The standard InChI is InChI=1S/C16H19ClN4/c1-2-3-15(12-19)21-8-6-20(7-9-21)14-5-4-13(11-18)16(17)10-14/h4-5,10,15H,2-3,6-9H2,1H3. The highest BCUT2D eigenvalue weighted by Gasteiger charge is 2.23. The predicted octanol–water partition coefficient (Wildman–Crippen LogP) is 3.03. The molecule has 4 nitrogen and oxygen atoms in total. The third-order valence-electron chi connectivity index (χ3n) is 3.90. The van der Waals surface area contributed by atoms with E-state index in [1.54, 1.807) is 6.07 Å². The lowest BCUT2D eigenvalue weighted by atomic mass is 10.1. The van der Waals surface area contributed by atoms with E-state index in [0.29, 0.717) is 10.6 Å². The van der Waals surface area contributed by atoms with Crippen LogP contribution in [0.1, 0.15) is 25.3 Å². The molecule has 1 fully saturated rings. The van der Waals surface area contributed by atoms with Crippen molar-refractivity contribution in [2.45, 2.75) is 25.8 Å². The fraction of sp³-hybridized carbons (Fsp3) is 0.500. The molecule has 110 valence electrons. The molecule has 0 bridgehead atoms. The van der Waals surface area contributed by atoms with E-state index < -0.39 is 0 Å². The van der Waals surface area contributed by atoms with Gasteiger partial charge < -0.3 is 4.90 Å². The fourth-order valence-corrected chi connectivity index (χ4v) is 2.90. The quantitative estimate of drug-likeness (QED) is 0.858. The number of benzene rings is 1. The second-order valence-electron chi connectivity index (χ2n) is 5.23. The second kappa shape index (κ2) is 7.31. The van der Waals surface area contributed by atoms with Crippen LogP contribution in [0.2, 0.25) is 5.02 Å². The van der Waals surface area contributed by atoms with Gasteiger partial charge in [0.15, 0.2) is 0 Å². The molecule has 1 aromatic carbocycles. The van der Waals surface area contributed by atoms with Crippen LogP contribution in [0.3, 0.4) is 0 Å². The van der Waals surface area contributed by atoms with E-state index in [4.69, 9.17) is 16.9 Å². The van der Waals surface area contributed by atoms with Crippen molar-refractivity contribution in [3.63, 3.8) is 0 Å². The molecule has 1 unspecified atom stereocenters. The van der Waals surface area contributed by atoms with Crippen molar-refractivity contribution in [2.75, 3.05) is 31.1 Å². The molecule has 0 saturated carbocycles. The summed E-state index contributed by atoms with van der Waals surface area (Å²) >= 11 is 6.09. The first kappa shape index (κ1) is 15.6. The zero-order valence-corrected chi connectivity index (χ0v) is 13.0. The van der Waals surface area contributed by atoms with E-state index in [-0.39, 0.29) is 6.04 Å². The van der Waals surface area contributed by atoms with Gasteiger partial charge in [-0.25, -0.2) is 0 Å². The highest BCUT2D eigenvalue weighted by molar-refractivity contribution is 6.32. The molecule has 21 heavy (non-hydrogen) atoms. The molecule has 0 N–H and O–H groups in total. The highest BCUT2D eigenvalue weighted by atomic mass is 35.5. The number of hydrogen-bond acceptors (Lipinski definition) is 4. The lowest BCUT2D eigenvalue weighted by Gasteiger charge is -2.38. The molecule has 0 aliphatic carbocycles. The van der Waals surface area contributed by atoms with Gasteiger partial charge in [-0.3, -0.25) is 4.90 Å². The zero-order valence-electron chi connectivity index (χ0n) is 12.2. The third-order valence-corrected chi connectivity index (χ3v) is 4.22. The molecule has 0 amide bonds. The van der Waals surface area contributed by atoms with Crippen LogP contribution >= 0.6 is 11.6 Å². The monoisotopic (exact) mass is 302 g/mol. The van der Waals surface area contributed by atoms with Crippen molar-refractivity contribution in [1.29, 1.82) is 10.5 Å². The van der Waals surface area contributed by atoms with Gasteiger partial charge in [0, 0.05) is 31.9 Å². The molecule has 0 spiro atoms. The molecule has 5 heteroatoms. The third kappa shape index (κ3) is 3.67. The van der Waals surface area contributed by atoms with Crippen LogP contribution in [0.15, 0.2) is 18.2 Å². The molecule has 0 radical (unpaired) electrons. The smallest absolute Gasteiger partial charge is 0.101 e. The molecule has 1 heterocycles. The number of halogens is 1. The first-order valence-corrected chi connectivity index (χ1v) is 7.65. The Bertz CT molecular complexity index is 565. The summed E-state index contributed by atoms with van der Waals surface area (Å²) < 4.78 is 0. The molecule has 1 aliphatic heterocycles. The lowest BCUT2D eigenvalue weighted by Crippen LogP contribution is -2.50. The summed E-state index contributed by atoms with van der Waals surface area (Å²) in [7, 11) is 0. The number of nitriles is 2. The van der Waals surface area contributed by atoms with Gasteiger partial charge in [-0.2, -0.15) is 10.5 Å². The minimum atomic E-state index is 0.0294. The number of rotatable bonds is 4. The van der Waals surface area contributed by atoms with Gasteiger partial charge in [0.1, 0.15) is 6.07 Å². The van der Waals surface area contributed by atoms with Crippen molar-refractivity contribution in [2.24, 2.45) is 0 Å². The fourth-order valence-electron chi connectivity index (χ4n) is 2.69. The molecular weight excluding hydrogens is 284 g/mol. The Balaban J connectivity index is 2.00. The van der Waals surface area contributed by atoms with Crippen LogP contribution in [0, 0.1) is 22.7 Å². The predicted molar refractivity (Wildman–Crippen MR) is 84.3 cm³/mol. The topological polar surface area (TPSA) is 54.1 Å². The first-order valence-electron chi connectivity index (χ1n) is 7.27. The molecule has 1 saturated heterocycles. The molecule has 2 rings (SSSR count). The van der Waals surface area contributed by atoms with Gasteiger partial charge in [0.25, 0.3) is 0 Å². The van der Waals surface area contributed by atoms with E-state index in [2.05, 4.69) is 28.9 Å². The van der Waals surface area contributed by atoms with Gasteiger partial charge in [-0.15, -0.1) is 0 Å². The Morgan fingerprint density at radius 1 is 1.24 bits per heavy atom. The van der Waals surface area contributed by atoms with Gasteiger partial charge >= 0.3 is 0 Å². The van der Waals surface area contributed by atoms with Gasteiger partial charge in [0.2, 0.25) is 0 Å². The molecule has 1 aromatic rings. The maximum atomic E-state index is 9.23. The maximum Gasteiger partial charge on any atom is 0.101 e. The van der Waals surface area contributed by atoms with Crippen LogP contribution in [0.4, 0.5) is 5.69 Å². The molecule has 1 atom stereocenters. The van der Waals surface area contributed by atoms with Crippen molar-refractivity contribution >= 4 is 17.3 Å². The molecular formula is C16H19ClN4. The summed E-state index contributed by atoms with van der Waals surface area (Å²) in [5.41, 5.74) is 1.55. The first-order chi connectivity index (χ1) is 10.2. The van der Waals surface area contributed by atoms with Gasteiger partial charge in [0.05, 0.1) is 22.7 Å². The number of nitrogens with zero attached hydrogens (tertiary/aromatic N) is 4. The number of hydrogen-bond donors (Lipinski definition) is 0. The Kier molecular flexibility index (Phi) is 5.44. The van der Waals surface area contributed by atoms with Crippen molar-refractivity contribution in [3.05, 3.63) is 28.8 Å². The minimum absolute atomic E-state index is 0.0294. The van der Waals surface area contributed by atoms with Crippen LogP contribution in [-0.2, 0) is 0 Å². The minimum Gasteiger partial charge on any atom is -0.369 e. The molecule has 1 aliphatic rings. The summed E-state index contributed by atoms with van der Waals surface area (Å²) in [5, 5.41) is 18.6. The second-order valence-corrected chi connectivity index (χ2v) is 5.64. The summed E-state index contributed by atoms with van der Waals surface area (Å²) in [6.45, 7) is 5.64. The van der Waals surface area contributed by atoms with Crippen LogP contribution in [0.25, 0.3) is 0 Å². The van der Waals surface area contributed by atoms with Crippen molar-refractivity contribution in [3.8, 4) is 12.1 Å². The number of piperazine rings is 1. The SMILES string of the molecule is CCCC(C#N)N1CCN(c2ccc(C#N)c(Cl)c2)CC1. The maximum absolute atomic E-state index is 9.23. The Morgan fingerprint density at radius 2 is 1.95 bits per heavy atom. The van der Waals surface area contributed by atoms with Gasteiger partial charge in [-0.1, -0.05) is 24.9 Å². The van der Waals surface area contributed by atoms with E-state index >= 15 is 0 Å². The van der Waals surface area contributed by atoms with E-state index in [1.807, 2.05) is 12.1 Å². The lowest BCUT2D eigenvalue weighted by molar-refractivity contribution is 0.211. The van der Waals surface area contributed by atoms with E-state index in [1.165, 1.54) is 0 Å². The van der Waals surface area contributed by atoms with Crippen LogP contribution in [0.5, 0.6) is 0 Å². The van der Waals surface area contributed by atoms with Crippen molar-refractivity contribution < 1.29 is 0 Å². The Morgan fingerprint density at radius 3 is 2.48 bits per heavy atom. The van der Waals surface area contributed by atoms with E-state index in [9.17, 15) is 5.26 Å². The normalized spacial score (nSPS) is 17.0. The Labute approximate surface area is 131 Å². The zero-order chi connectivity index (χ0) is 15.2. The average molecular weight is 303 g/mol. The Hall–Kier alpha value is -1.75. The van der Waals surface area contributed by atoms with Gasteiger partial charge in [-0.05, 0) is 24.6 Å². The summed E-state index contributed by atoms with van der Waals surface area (Å²) in [4.78, 5) is 4.51.